The topological polar surface area (TPSA) is 65.2 Å². The number of nitrogens with zero attached hydrogens (tertiary/aromatic N) is 5. The molecule has 0 spiro atoms. The molecule has 136 valence electrons. The summed E-state index contributed by atoms with van der Waals surface area (Å²) in [5.74, 6) is 0.782. The number of alkyl halides is 1. The first-order chi connectivity index (χ1) is 11.9. The van der Waals surface area contributed by atoms with E-state index in [1.54, 1.807) is 18.1 Å². The number of nitriles is 1. The van der Waals surface area contributed by atoms with Crippen LogP contribution in [-0.4, -0.2) is 57.6 Å². The molecule has 0 radical (unpaired) electrons. The summed E-state index contributed by atoms with van der Waals surface area (Å²) in [6.45, 7) is 1.38. The molecule has 1 saturated heterocycles. The summed E-state index contributed by atoms with van der Waals surface area (Å²) < 4.78 is 16.0. The molecule has 1 aromatic heterocycles. The molecular formula is C18H26FN5O. The van der Waals surface area contributed by atoms with Gasteiger partial charge in [0, 0.05) is 45.6 Å². The minimum absolute atomic E-state index is 0.0437. The van der Waals surface area contributed by atoms with Gasteiger partial charge in [-0.2, -0.15) is 5.26 Å². The molecule has 6 nitrogen and oxygen atoms in total. The van der Waals surface area contributed by atoms with Gasteiger partial charge in [-0.15, -0.1) is 0 Å². The molecule has 0 N–H and O–H groups in total. The number of carbonyl (C=O) groups is 1. The molecule has 0 bridgehead atoms. The molecule has 1 amide bonds. The van der Waals surface area contributed by atoms with Crippen molar-refractivity contribution in [1.82, 2.24) is 19.4 Å². The lowest BCUT2D eigenvalue weighted by atomic mass is 9.86. The van der Waals surface area contributed by atoms with Gasteiger partial charge in [-0.05, 0) is 19.3 Å². The SMILES string of the molecule is CN(C[C@@H]1C[C@H](F)CN1Cc1nccn1C)C(=O)C1(C#N)CCCC1. The van der Waals surface area contributed by atoms with E-state index in [1.165, 1.54) is 0 Å². The Morgan fingerprint density at radius 3 is 2.84 bits per heavy atom. The van der Waals surface area contributed by atoms with Gasteiger partial charge in [-0.3, -0.25) is 9.69 Å². The van der Waals surface area contributed by atoms with E-state index in [1.807, 2.05) is 17.8 Å². The third kappa shape index (κ3) is 3.54. The number of hydrogen-bond acceptors (Lipinski definition) is 4. The van der Waals surface area contributed by atoms with E-state index < -0.39 is 11.6 Å². The number of aromatic nitrogens is 2. The molecule has 2 aliphatic rings. The maximum atomic E-state index is 14.0. The highest BCUT2D eigenvalue weighted by Gasteiger charge is 2.44. The van der Waals surface area contributed by atoms with Crippen molar-refractivity contribution < 1.29 is 9.18 Å². The van der Waals surface area contributed by atoms with Crippen molar-refractivity contribution in [2.75, 3.05) is 20.1 Å². The zero-order valence-electron chi connectivity index (χ0n) is 15.0. The van der Waals surface area contributed by atoms with Crippen molar-refractivity contribution in [2.24, 2.45) is 12.5 Å². The third-order valence-electron chi connectivity index (χ3n) is 5.65. The number of aryl methyl sites for hydroxylation is 1. The molecule has 1 aliphatic carbocycles. The molecular weight excluding hydrogens is 321 g/mol. The van der Waals surface area contributed by atoms with Gasteiger partial charge < -0.3 is 9.47 Å². The minimum atomic E-state index is -0.884. The summed E-state index contributed by atoms with van der Waals surface area (Å²) in [5, 5.41) is 9.51. The Labute approximate surface area is 148 Å². The number of likely N-dealkylation sites (N-methyl/N-ethyl adjacent to an activating group) is 1. The summed E-state index contributed by atoms with van der Waals surface area (Å²) in [5.41, 5.74) is -0.868. The van der Waals surface area contributed by atoms with Crippen LogP contribution in [0.3, 0.4) is 0 Å². The van der Waals surface area contributed by atoms with Gasteiger partial charge in [0.15, 0.2) is 0 Å². The van der Waals surface area contributed by atoms with Crippen LogP contribution >= 0.6 is 0 Å². The molecule has 1 aliphatic heterocycles. The predicted octanol–water partition coefficient (Wildman–Crippen LogP) is 1.87. The average molecular weight is 347 g/mol. The van der Waals surface area contributed by atoms with E-state index in [4.69, 9.17) is 0 Å². The smallest absolute Gasteiger partial charge is 0.242 e. The fraction of sp³-hybridized carbons (Fsp3) is 0.722. The maximum absolute atomic E-state index is 14.0. The molecule has 1 aromatic rings. The van der Waals surface area contributed by atoms with Crippen LogP contribution in [0, 0.1) is 16.7 Å². The number of rotatable bonds is 5. The Kier molecular flexibility index (Phi) is 5.09. The first-order valence-corrected chi connectivity index (χ1v) is 8.96. The van der Waals surface area contributed by atoms with Crippen LogP contribution in [0.25, 0.3) is 0 Å². The Hall–Kier alpha value is -1.94. The highest BCUT2D eigenvalue weighted by Crippen LogP contribution is 2.39. The number of halogens is 1. The Balaban J connectivity index is 1.66. The fourth-order valence-corrected chi connectivity index (χ4v) is 4.15. The van der Waals surface area contributed by atoms with Gasteiger partial charge in [-0.25, -0.2) is 9.37 Å². The van der Waals surface area contributed by atoms with Crippen molar-refractivity contribution in [1.29, 1.82) is 5.26 Å². The summed E-state index contributed by atoms with van der Waals surface area (Å²) in [4.78, 5) is 20.8. The van der Waals surface area contributed by atoms with E-state index in [2.05, 4.69) is 16.0 Å². The maximum Gasteiger partial charge on any atom is 0.242 e. The van der Waals surface area contributed by atoms with Gasteiger partial charge in [0.2, 0.25) is 5.91 Å². The lowest BCUT2D eigenvalue weighted by Crippen LogP contribution is -2.46. The molecule has 2 atom stereocenters. The van der Waals surface area contributed by atoms with Crippen LogP contribution in [0.4, 0.5) is 4.39 Å². The summed E-state index contributed by atoms with van der Waals surface area (Å²) in [6.07, 6.45) is 6.27. The lowest BCUT2D eigenvalue weighted by Gasteiger charge is -2.31. The first-order valence-electron chi connectivity index (χ1n) is 8.96. The summed E-state index contributed by atoms with van der Waals surface area (Å²) >= 11 is 0. The highest BCUT2D eigenvalue weighted by atomic mass is 19.1. The molecule has 1 saturated carbocycles. The van der Waals surface area contributed by atoms with Gasteiger partial charge in [0.05, 0.1) is 12.6 Å². The summed E-state index contributed by atoms with van der Waals surface area (Å²) in [6, 6.07) is 2.21. The molecule has 0 aromatic carbocycles. The second-order valence-electron chi connectivity index (χ2n) is 7.46. The second-order valence-corrected chi connectivity index (χ2v) is 7.46. The predicted molar refractivity (Wildman–Crippen MR) is 91.1 cm³/mol. The van der Waals surface area contributed by atoms with Crippen molar-refractivity contribution in [2.45, 2.75) is 50.9 Å². The van der Waals surface area contributed by atoms with Crippen molar-refractivity contribution in [3.8, 4) is 6.07 Å². The number of amides is 1. The lowest BCUT2D eigenvalue weighted by molar-refractivity contribution is -0.138. The second kappa shape index (κ2) is 7.12. The Morgan fingerprint density at radius 2 is 2.24 bits per heavy atom. The highest BCUT2D eigenvalue weighted by molar-refractivity contribution is 5.85. The number of carbonyl (C=O) groups excluding carboxylic acids is 1. The van der Waals surface area contributed by atoms with Gasteiger partial charge >= 0.3 is 0 Å². The van der Waals surface area contributed by atoms with E-state index in [0.29, 0.717) is 38.9 Å². The zero-order chi connectivity index (χ0) is 18.0. The van der Waals surface area contributed by atoms with Gasteiger partial charge in [0.1, 0.15) is 17.4 Å². The van der Waals surface area contributed by atoms with Crippen LogP contribution in [-0.2, 0) is 18.4 Å². The van der Waals surface area contributed by atoms with E-state index >= 15 is 0 Å². The number of likely N-dealkylation sites (tertiary alicyclic amines) is 1. The normalized spacial score (nSPS) is 25.8. The number of hydrogen-bond donors (Lipinski definition) is 0. The minimum Gasteiger partial charge on any atom is -0.343 e. The Bertz CT molecular complexity index is 661. The largest absolute Gasteiger partial charge is 0.343 e. The summed E-state index contributed by atoms with van der Waals surface area (Å²) in [7, 11) is 3.66. The van der Waals surface area contributed by atoms with Crippen LogP contribution in [0.15, 0.2) is 12.4 Å². The van der Waals surface area contributed by atoms with Crippen molar-refractivity contribution >= 4 is 5.91 Å². The standard InChI is InChI=1S/C18H26FN5O/c1-22-8-7-21-16(22)12-24-10-14(19)9-15(24)11-23(2)17(25)18(13-20)5-3-4-6-18/h7-8,14-15H,3-6,9-12H2,1-2H3/t14-,15-/m0/s1. The van der Waals surface area contributed by atoms with Crippen LogP contribution in [0.5, 0.6) is 0 Å². The molecule has 7 heteroatoms. The first kappa shape index (κ1) is 17.9. The fourth-order valence-electron chi connectivity index (χ4n) is 4.15. The van der Waals surface area contributed by atoms with Crippen LogP contribution in [0.1, 0.15) is 37.9 Å². The van der Waals surface area contributed by atoms with Crippen molar-refractivity contribution in [3.05, 3.63) is 18.2 Å². The van der Waals surface area contributed by atoms with Crippen LogP contribution < -0.4 is 0 Å². The molecule has 0 unspecified atom stereocenters. The molecule has 2 fully saturated rings. The average Bonchev–Trinajstić information content (AvgIpc) is 3.30. The quantitative estimate of drug-likeness (QED) is 0.816. The van der Waals surface area contributed by atoms with Crippen molar-refractivity contribution in [3.63, 3.8) is 0 Å². The van der Waals surface area contributed by atoms with E-state index in [0.717, 1.165) is 18.7 Å². The zero-order valence-corrected chi connectivity index (χ0v) is 15.0. The monoisotopic (exact) mass is 347 g/mol. The van der Waals surface area contributed by atoms with Gasteiger partial charge in [0.25, 0.3) is 0 Å². The van der Waals surface area contributed by atoms with Gasteiger partial charge in [-0.1, -0.05) is 12.8 Å². The third-order valence-corrected chi connectivity index (χ3v) is 5.65. The molecule has 2 heterocycles. The molecule has 25 heavy (non-hydrogen) atoms. The van der Waals surface area contributed by atoms with E-state index in [-0.39, 0.29) is 11.9 Å². The molecule has 3 rings (SSSR count). The number of imidazole rings is 1. The Morgan fingerprint density at radius 1 is 1.52 bits per heavy atom. The van der Waals surface area contributed by atoms with Crippen LogP contribution in [0.2, 0.25) is 0 Å². The van der Waals surface area contributed by atoms with E-state index in [9.17, 15) is 14.4 Å².